The summed E-state index contributed by atoms with van der Waals surface area (Å²) in [6, 6.07) is 5.32. The lowest BCUT2D eigenvalue weighted by molar-refractivity contribution is 0.406. The van der Waals surface area contributed by atoms with Crippen molar-refractivity contribution in [2.24, 2.45) is 4.99 Å². The van der Waals surface area contributed by atoms with Gasteiger partial charge in [0.05, 0.1) is 7.11 Å². The highest BCUT2D eigenvalue weighted by molar-refractivity contribution is 5.79. The number of phenols is 1. The van der Waals surface area contributed by atoms with Gasteiger partial charge >= 0.3 is 0 Å². The zero-order valence-electron chi connectivity index (χ0n) is 15.0. The Morgan fingerprint density at radius 3 is 2.80 bits per heavy atom. The normalized spacial score (nSPS) is 11.4. The maximum absolute atomic E-state index is 9.97. The Morgan fingerprint density at radius 2 is 2.12 bits per heavy atom. The lowest BCUT2D eigenvalue weighted by Gasteiger charge is -2.13. The second kappa shape index (κ2) is 9.51. The fraction of sp³-hybridized carbons (Fsp3) is 0.471. The number of rotatable bonds is 8. The van der Waals surface area contributed by atoms with Crippen LogP contribution in [0.2, 0.25) is 0 Å². The minimum absolute atomic E-state index is 0.240. The Bertz CT molecular complexity index is 698. The van der Waals surface area contributed by atoms with E-state index in [1.165, 1.54) is 0 Å². The predicted molar refractivity (Wildman–Crippen MR) is 97.1 cm³/mol. The molecule has 0 saturated heterocycles. The van der Waals surface area contributed by atoms with Crippen LogP contribution in [0.5, 0.6) is 11.5 Å². The van der Waals surface area contributed by atoms with Gasteiger partial charge in [0.15, 0.2) is 5.96 Å². The van der Waals surface area contributed by atoms with Crippen molar-refractivity contribution in [3.05, 3.63) is 35.9 Å². The lowest BCUT2D eigenvalue weighted by atomic mass is 10.1. The third-order valence-corrected chi connectivity index (χ3v) is 3.86. The number of nitrogens with zero attached hydrogens (tertiary/aromatic N) is 4. The number of aromatic hydroxyl groups is 1. The molecule has 0 aliphatic heterocycles. The smallest absolute Gasteiger partial charge is 0.191 e. The van der Waals surface area contributed by atoms with Gasteiger partial charge in [0.2, 0.25) is 0 Å². The summed E-state index contributed by atoms with van der Waals surface area (Å²) in [6.45, 7) is 4.21. The van der Waals surface area contributed by atoms with Gasteiger partial charge in [-0.25, -0.2) is 0 Å². The second-order valence-electron chi connectivity index (χ2n) is 5.46. The predicted octanol–water partition coefficient (Wildman–Crippen LogP) is 0.962. The van der Waals surface area contributed by atoms with Crippen molar-refractivity contribution in [3.63, 3.8) is 0 Å². The topological polar surface area (TPSA) is 96.6 Å². The molecule has 8 heteroatoms. The zero-order valence-corrected chi connectivity index (χ0v) is 15.0. The van der Waals surface area contributed by atoms with E-state index in [0.29, 0.717) is 18.7 Å². The molecule has 0 saturated carbocycles. The van der Waals surface area contributed by atoms with E-state index in [4.69, 9.17) is 4.74 Å². The quantitative estimate of drug-likeness (QED) is 0.487. The van der Waals surface area contributed by atoms with Gasteiger partial charge in [0.25, 0.3) is 0 Å². The van der Waals surface area contributed by atoms with Crippen LogP contribution in [0.15, 0.2) is 29.5 Å². The Kier molecular flexibility index (Phi) is 7.06. The standard InChI is InChI=1S/C17H26N6O2/c1-4-16-22-21-12-23(16)10-9-20-17(18-2)19-8-7-13-5-6-14(25-3)11-15(13)24/h5-6,11-12,24H,4,7-10H2,1-3H3,(H2,18,19,20). The number of guanidine groups is 1. The number of benzene rings is 1. The van der Waals surface area contributed by atoms with Crippen molar-refractivity contribution in [2.75, 3.05) is 27.2 Å². The average Bonchev–Trinajstić information content (AvgIpc) is 3.09. The highest BCUT2D eigenvalue weighted by Gasteiger charge is 2.05. The van der Waals surface area contributed by atoms with Gasteiger partial charge in [-0.3, -0.25) is 4.99 Å². The molecule has 25 heavy (non-hydrogen) atoms. The van der Waals surface area contributed by atoms with Crippen LogP contribution in [-0.2, 0) is 19.4 Å². The number of aromatic nitrogens is 3. The van der Waals surface area contributed by atoms with Gasteiger partial charge in [-0.05, 0) is 18.1 Å². The van der Waals surface area contributed by atoms with E-state index in [2.05, 4.69) is 32.7 Å². The summed E-state index contributed by atoms with van der Waals surface area (Å²) in [4.78, 5) is 4.20. The van der Waals surface area contributed by atoms with Crippen LogP contribution in [0.4, 0.5) is 0 Å². The van der Waals surface area contributed by atoms with E-state index in [-0.39, 0.29) is 5.75 Å². The third-order valence-electron chi connectivity index (χ3n) is 3.86. The highest BCUT2D eigenvalue weighted by Crippen LogP contribution is 2.23. The number of aryl methyl sites for hydroxylation is 1. The molecule has 2 rings (SSSR count). The molecule has 1 aromatic carbocycles. The van der Waals surface area contributed by atoms with Gasteiger partial charge in [-0.15, -0.1) is 10.2 Å². The molecule has 0 unspecified atom stereocenters. The lowest BCUT2D eigenvalue weighted by Crippen LogP contribution is -2.39. The largest absolute Gasteiger partial charge is 0.508 e. The molecule has 1 aromatic heterocycles. The Morgan fingerprint density at radius 1 is 1.32 bits per heavy atom. The maximum Gasteiger partial charge on any atom is 0.191 e. The summed E-state index contributed by atoms with van der Waals surface area (Å²) in [5, 5.41) is 24.5. The molecule has 0 atom stereocenters. The molecule has 0 bridgehead atoms. The first kappa shape index (κ1) is 18.6. The average molecular weight is 346 g/mol. The molecule has 3 N–H and O–H groups in total. The SMILES string of the molecule is CCc1nncn1CCNC(=NC)NCCc1ccc(OC)cc1O. The maximum atomic E-state index is 9.97. The van der Waals surface area contributed by atoms with Crippen molar-refractivity contribution < 1.29 is 9.84 Å². The number of ether oxygens (including phenoxy) is 1. The van der Waals surface area contributed by atoms with E-state index >= 15 is 0 Å². The first-order chi connectivity index (χ1) is 12.2. The Labute approximate surface area is 148 Å². The summed E-state index contributed by atoms with van der Waals surface area (Å²) in [5.74, 6) is 2.58. The van der Waals surface area contributed by atoms with Crippen LogP contribution >= 0.6 is 0 Å². The molecule has 2 aromatic rings. The number of hydrogen-bond donors (Lipinski definition) is 3. The fourth-order valence-electron chi connectivity index (χ4n) is 2.45. The van der Waals surface area contributed by atoms with E-state index < -0.39 is 0 Å². The van der Waals surface area contributed by atoms with Crippen LogP contribution in [0.25, 0.3) is 0 Å². The monoisotopic (exact) mass is 346 g/mol. The number of nitrogens with one attached hydrogen (secondary N) is 2. The summed E-state index contributed by atoms with van der Waals surface area (Å²) in [5.41, 5.74) is 0.862. The van der Waals surface area contributed by atoms with Crippen molar-refractivity contribution in [3.8, 4) is 11.5 Å². The summed E-state index contributed by atoms with van der Waals surface area (Å²) in [7, 11) is 3.31. The first-order valence-corrected chi connectivity index (χ1v) is 8.35. The van der Waals surface area contributed by atoms with Crippen molar-refractivity contribution in [2.45, 2.75) is 26.3 Å². The molecular formula is C17H26N6O2. The van der Waals surface area contributed by atoms with Crippen molar-refractivity contribution in [1.29, 1.82) is 0 Å². The molecule has 0 aliphatic carbocycles. The Balaban J connectivity index is 1.75. The van der Waals surface area contributed by atoms with Crippen LogP contribution < -0.4 is 15.4 Å². The van der Waals surface area contributed by atoms with Crippen LogP contribution in [-0.4, -0.2) is 53.1 Å². The molecule has 0 aliphatic rings. The zero-order chi connectivity index (χ0) is 18.1. The molecule has 136 valence electrons. The highest BCUT2D eigenvalue weighted by atomic mass is 16.5. The molecule has 0 radical (unpaired) electrons. The van der Waals surface area contributed by atoms with E-state index in [1.807, 2.05) is 16.7 Å². The van der Waals surface area contributed by atoms with Gasteiger partial charge in [-0.2, -0.15) is 0 Å². The second-order valence-corrected chi connectivity index (χ2v) is 5.46. The van der Waals surface area contributed by atoms with Crippen molar-refractivity contribution in [1.82, 2.24) is 25.4 Å². The molecule has 0 spiro atoms. The number of phenolic OH excluding ortho intramolecular Hbond substituents is 1. The number of methoxy groups -OCH3 is 1. The van der Waals surface area contributed by atoms with Crippen LogP contribution in [0.3, 0.4) is 0 Å². The summed E-state index contributed by atoms with van der Waals surface area (Å²) < 4.78 is 7.11. The Hall–Kier alpha value is -2.77. The van der Waals surface area contributed by atoms with Crippen molar-refractivity contribution >= 4 is 5.96 Å². The fourth-order valence-corrected chi connectivity index (χ4v) is 2.45. The number of hydrogen-bond acceptors (Lipinski definition) is 5. The molecule has 0 fully saturated rings. The van der Waals surface area contributed by atoms with Crippen LogP contribution in [0, 0.1) is 0 Å². The van der Waals surface area contributed by atoms with E-state index in [1.54, 1.807) is 26.6 Å². The molecule has 0 amide bonds. The molecule has 1 heterocycles. The van der Waals surface area contributed by atoms with Gasteiger partial charge < -0.3 is 25.0 Å². The molecule has 8 nitrogen and oxygen atoms in total. The number of aliphatic imine (C=N–C) groups is 1. The third kappa shape index (κ3) is 5.37. The van der Waals surface area contributed by atoms with Gasteiger partial charge in [0.1, 0.15) is 23.7 Å². The summed E-state index contributed by atoms with van der Waals surface area (Å²) >= 11 is 0. The molecular weight excluding hydrogens is 320 g/mol. The minimum Gasteiger partial charge on any atom is -0.508 e. The van der Waals surface area contributed by atoms with Gasteiger partial charge in [-0.1, -0.05) is 13.0 Å². The summed E-state index contributed by atoms with van der Waals surface area (Å²) in [6.07, 6.45) is 3.28. The van der Waals surface area contributed by atoms with E-state index in [0.717, 1.165) is 36.9 Å². The van der Waals surface area contributed by atoms with Gasteiger partial charge in [0, 0.05) is 39.2 Å². The van der Waals surface area contributed by atoms with Crippen LogP contribution in [0.1, 0.15) is 18.3 Å². The minimum atomic E-state index is 0.240. The first-order valence-electron chi connectivity index (χ1n) is 8.35. The van der Waals surface area contributed by atoms with E-state index in [9.17, 15) is 5.11 Å².